The number of aromatic nitrogens is 3. The van der Waals surface area contributed by atoms with Crippen LogP contribution in [0.25, 0.3) is 5.69 Å². The van der Waals surface area contributed by atoms with E-state index in [2.05, 4.69) is 46.7 Å². The van der Waals surface area contributed by atoms with Crippen molar-refractivity contribution in [2.45, 2.75) is 39.4 Å². The van der Waals surface area contributed by atoms with Gasteiger partial charge in [-0.3, -0.25) is 9.36 Å². The lowest BCUT2D eigenvalue weighted by molar-refractivity contribution is -0.134. The number of anilines is 1. The predicted molar refractivity (Wildman–Crippen MR) is 116 cm³/mol. The first kappa shape index (κ1) is 24.2. The maximum absolute atomic E-state index is 13.0. The van der Waals surface area contributed by atoms with Gasteiger partial charge in [0.05, 0.1) is 6.54 Å². The highest BCUT2D eigenvalue weighted by molar-refractivity contribution is 7.98. The van der Waals surface area contributed by atoms with E-state index in [9.17, 15) is 4.39 Å². The summed E-state index contributed by atoms with van der Waals surface area (Å²) in [6.45, 7) is 7.65. The quantitative estimate of drug-likeness (QED) is 0.557. The molecule has 0 saturated carbocycles. The molecule has 0 aliphatic heterocycles. The number of benzene rings is 2. The zero-order valence-electron chi connectivity index (χ0n) is 17.3. The van der Waals surface area contributed by atoms with Crippen LogP contribution in [-0.2, 0) is 11.3 Å². The van der Waals surface area contributed by atoms with E-state index in [1.807, 2.05) is 24.7 Å². The van der Waals surface area contributed by atoms with E-state index >= 15 is 0 Å². The number of nitrogens with zero attached hydrogens (tertiary/aromatic N) is 3. The maximum atomic E-state index is 13.0. The van der Waals surface area contributed by atoms with E-state index < -0.39 is 5.97 Å². The third-order valence-corrected chi connectivity index (χ3v) is 4.10. The number of nitrogens with one attached hydrogen (secondary N) is 1. The molecule has 1 heterocycles. The summed E-state index contributed by atoms with van der Waals surface area (Å²) >= 11 is 1.55. The van der Waals surface area contributed by atoms with E-state index in [1.54, 1.807) is 23.9 Å². The number of aryl methyl sites for hydroxylation is 1. The Balaban J connectivity index is 0.000000627. The van der Waals surface area contributed by atoms with Gasteiger partial charge in [-0.15, -0.1) is 10.2 Å². The van der Waals surface area contributed by atoms with Gasteiger partial charge >= 0.3 is 0 Å². The molecule has 3 rings (SSSR count). The van der Waals surface area contributed by atoms with Gasteiger partial charge in [-0.2, -0.15) is 0 Å². The van der Waals surface area contributed by atoms with E-state index in [0.29, 0.717) is 6.54 Å². The zero-order chi connectivity index (χ0) is 21.8. The first-order chi connectivity index (χ1) is 13.9. The number of carboxylic acids is 1. The molecular formula is C21H27FN4O2S. The Morgan fingerprint density at radius 1 is 1.10 bits per heavy atom. The summed E-state index contributed by atoms with van der Waals surface area (Å²) in [5.41, 5.74) is 3.08. The number of hydrogen-bond acceptors (Lipinski definition) is 5. The number of rotatable bonds is 5. The van der Waals surface area contributed by atoms with Crippen LogP contribution in [0.15, 0.2) is 53.7 Å². The molecule has 2 aromatic carbocycles. The normalized spacial score (nSPS) is 9.59. The van der Waals surface area contributed by atoms with Crippen molar-refractivity contribution < 1.29 is 14.3 Å². The summed E-state index contributed by atoms with van der Waals surface area (Å²) in [5.74, 6) is -0.273. The Kier molecular flexibility index (Phi) is 10.5. The lowest BCUT2D eigenvalue weighted by atomic mass is 10.2. The molecule has 8 heteroatoms. The summed E-state index contributed by atoms with van der Waals surface area (Å²) < 4.78 is 15.0. The number of carboxylic acid groups (broad SMARTS) is 1. The first-order valence-electron chi connectivity index (χ1n) is 9.15. The van der Waals surface area contributed by atoms with Crippen molar-refractivity contribution >= 4 is 23.4 Å². The Morgan fingerprint density at radius 2 is 1.66 bits per heavy atom. The second-order valence-corrected chi connectivity index (χ2v) is 6.43. The number of thioether (sulfide) groups is 1. The van der Waals surface area contributed by atoms with Crippen LogP contribution >= 0.6 is 11.8 Å². The van der Waals surface area contributed by atoms with Crippen molar-refractivity contribution in [3.8, 4) is 5.69 Å². The summed E-state index contributed by atoms with van der Waals surface area (Å²) in [6.07, 6.45) is 1.98. The van der Waals surface area contributed by atoms with E-state index in [1.165, 1.54) is 17.7 Å². The van der Waals surface area contributed by atoms with Crippen molar-refractivity contribution in [2.75, 3.05) is 11.6 Å². The Hall–Kier alpha value is -2.87. The van der Waals surface area contributed by atoms with Crippen LogP contribution in [0.5, 0.6) is 0 Å². The van der Waals surface area contributed by atoms with E-state index in [0.717, 1.165) is 29.3 Å². The standard InChI is InChI=1S/C17H17FN4S.C2H4O2.C2H6/c1-12-3-9-15(10-4-12)22-16(20-21-17(22)23-2)11-19-14-7-5-13(18)6-8-14;1-2(3)4;1-2/h3-10,19H,11H2,1-2H3;1H3,(H,3,4);1-2H3. The molecule has 0 bridgehead atoms. The topological polar surface area (TPSA) is 80.0 Å². The highest BCUT2D eigenvalue weighted by Crippen LogP contribution is 2.21. The van der Waals surface area contributed by atoms with Gasteiger partial charge in [0.2, 0.25) is 0 Å². The number of halogens is 1. The van der Waals surface area contributed by atoms with Crippen molar-refractivity contribution in [1.82, 2.24) is 14.8 Å². The lowest BCUT2D eigenvalue weighted by Gasteiger charge is -2.11. The summed E-state index contributed by atoms with van der Waals surface area (Å²) in [6, 6.07) is 14.5. The molecule has 0 aliphatic rings. The maximum Gasteiger partial charge on any atom is 0.300 e. The van der Waals surface area contributed by atoms with Gasteiger partial charge in [-0.25, -0.2) is 4.39 Å². The largest absolute Gasteiger partial charge is 0.481 e. The molecule has 0 spiro atoms. The summed E-state index contributed by atoms with van der Waals surface area (Å²) in [7, 11) is 0. The zero-order valence-corrected chi connectivity index (χ0v) is 18.1. The van der Waals surface area contributed by atoms with Crippen LogP contribution in [0, 0.1) is 12.7 Å². The average molecular weight is 419 g/mol. The van der Waals surface area contributed by atoms with Crippen molar-refractivity contribution in [2.24, 2.45) is 0 Å². The van der Waals surface area contributed by atoms with Crippen molar-refractivity contribution in [3.05, 3.63) is 65.7 Å². The van der Waals surface area contributed by atoms with Crippen LogP contribution in [0.3, 0.4) is 0 Å². The Labute approximate surface area is 175 Å². The van der Waals surface area contributed by atoms with Gasteiger partial charge in [0.25, 0.3) is 5.97 Å². The fourth-order valence-corrected chi connectivity index (χ4v) is 2.76. The van der Waals surface area contributed by atoms with Gasteiger partial charge in [0.1, 0.15) is 5.82 Å². The van der Waals surface area contributed by atoms with Gasteiger partial charge in [-0.05, 0) is 49.6 Å². The molecule has 0 fully saturated rings. The van der Waals surface area contributed by atoms with Crippen molar-refractivity contribution in [1.29, 1.82) is 0 Å². The van der Waals surface area contributed by atoms with Crippen LogP contribution in [-0.4, -0.2) is 32.1 Å². The molecular weight excluding hydrogens is 391 g/mol. The Morgan fingerprint density at radius 3 is 2.17 bits per heavy atom. The summed E-state index contributed by atoms with van der Waals surface area (Å²) in [5, 5.41) is 20.0. The SMILES string of the molecule is CC.CC(=O)O.CSc1nnc(CNc2ccc(F)cc2)n1-c1ccc(C)cc1. The van der Waals surface area contributed by atoms with Crippen LogP contribution < -0.4 is 5.32 Å². The van der Waals surface area contributed by atoms with Gasteiger partial charge in [0.15, 0.2) is 11.0 Å². The monoisotopic (exact) mass is 418 g/mol. The van der Waals surface area contributed by atoms with Crippen LogP contribution in [0.4, 0.5) is 10.1 Å². The smallest absolute Gasteiger partial charge is 0.300 e. The van der Waals surface area contributed by atoms with E-state index in [4.69, 9.17) is 9.90 Å². The van der Waals surface area contributed by atoms with E-state index in [-0.39, 0.29) is 5.82 Å². The number of hydrogen-bond donors (Lipinski definition) is 2. The third-order valence-electron chi connectivity index (χ3n) is 3.47. The minimum atomic E-state index is -0.833. The molecule has 0 atom stereocenters. The minimum Gasteiger partial charge on any atom is -0.481 e. The highest BCUT2D eigenvalue weighted by atomic mass is 32.2. The fourth-order valence-electron chi connectivity index (χ4n) is 2.25. The lowest BCUT2D eigenvalue weighted by Crippen LogP contribution is -2.08. The van der Waals surface area contributed by atoms with Crippen LogP contribution in [0.1, 0.15) is 32.2 Å². The molecule has 29 heavy (non-hydrogen) atoms. The molecule has 2 N–H and O–H groups in total. The molecule has 1 aromatic heterocycles. The average Bonchev–Trinajstić information content (AvgIpc) is 3.12. The molecule has 0 aliphatic carbocycles. The first-order valence-corrected chi connectivity index (χ1v) is 10.4. The molecule has 3 aromatic rings. The third kappa shape index (κ3) is 7.95. The van der Waals surface area contributed by atoms with Gasteiger partial charge in [-0.1, -0.05) is 43.3 Å². The summed E-state index contributed by atoms with van der Waals surface area (Å²) in [4.78, 5) is 9.00. The molecule has 0 radical (unpaired) electrons. The number of carbonyl (C=O) groups is 1. The van der Waals surface area contributed by atoms with Gasteiger partial charge < -0.3 is 10.4 Å². The highest BCUT2D eigenvalue weighted by Gasteiger charge is 2.13. The number of aliphatic carboxylic acids is 1. The molecule has 6 nitrogen and oxygen atoms in total. The van der Waals surface area contributed by atoms with Crippen molar-refractivity contribution in [3.63, 3.8) is 0 Å². The second kappa shape index (κ2) is 12.6. The molecule has 0 saturated heterocycles. The van der Waals surface area contributed by atoms with Gasteiger partial charge in [0, 0.05) is 18.3 Å². The Bertz CT molecular complexity index is 877. The second-order valence-electron chi connectivity index (χ2n) is 5.65. The molecule has 0 amide bonds. The molecule has 0 unspecified atom stereocenters. The minimum absolute atomic E-state index is 0.247. The fraction of sp³-hybridized carbons (Fsp3) is 0.286. The van der Waals surface area contributed by atoms with Crippen LogP contribution in [0.2, 0.25) is 0 Å². The molecule has 156 valence electrons. The predicted octanol–water partition coefficient (Wildman–Crippen LogP) is 5.17.